The maximum Gasteiger partial charge on any atom is 0.211 e. The molecule has 0 aliphatic carbocycles. The Labute approximate surface area is 110 Å². The molecule has 0 aliphatic rings. The van der Waals surface area contributed by atoms with Crippen molar-refractivity contribution in [1.82, 2.24) is 4.72 Å². The second kappa shape index (κ2) is 6.87. The third-order valence-corrected chi connectivity index (χ3v) is 4.09. The van der Waals surface area contributed by atoms with Crippen molar-refractivity contribution in [3.8, 4) is 0 Å². The van der Waals surface area contributed by atoms with E-state index in [1.54, 1.807) is 0 Å². The highest BCUT2D eigenvalue weighted by Crippen LogP contribution is 2.09. The standard InChI is InChI=1S/C13H22N2O2S/c1-11(2)8-9-18(16,17)15-10-13(14)12-6-4-3-5-7-12/h3-7,11,13,15H,8-10,14H2,1-2H3. The summed E-state index contributed by atoms with van der Waals surface area (Å²) in [6.45, 7) is 4.25. The maximum absolute atomic E-state index is 11.7. The molecule has 0 amide bonds. The van der Waals surface area contributed by atoms with Crippen LogP contribution < -0.4 is 10.5 Å². The summed E-state index contributed by atoms with van der Waals surface area (Å²) in [6.07, 6.45) is 0.663. The van der Waals surface area contributed by atoms with Crippen LogP contribution in [0.5, 0.6) is 0 Å². The van der Waals surface area contributed by atoms with Gasteiger partial charge in [0.1, 0.15) is 0 Å². The SMILES string of the molecule is CC(C)CCS(=O)(=O)NCC(N)c1ccccc1. The average Bonchev–Trinajstić information content (AvgIpc) is 2.35. The van der Waals surface area contributed by atoms with E-state index in [-0.39, 0.29) is 18.3 Å². The van der Waals surface area contributed by atoms with Gasteiger partial charge in [-0.3, -0.25) is 0 Å². The number of hydrogen-bond acceptors (Lipinski definition) is 3. The predicted molar refractivity (Wildman–Crippen MR) is 74.6 cm³/mol. The van der Waals surface area contributed by atoms with Crippen LogP contribution in [0.2, 0.25) is 0 Å². The summed E-state index contributed by atoms with van der Waals surface area (Å²) in [7, 11) is -3.21. The highest BCUT2D eigenvalue weighted by Gasteiger charge is 2.13. The Morgan fingerprint density at radius 1 is 1.22 bits per heavy atom. The molecule has 4 nitrogen and oxygen atoms in total. The molecule has 5 heteroatoms. The first kappa shape index (κ1) is 15.1. The lowest BCUT2D eigenvalue weighted by Gasteiger charge is -2.14. The van der Waals surface area contributed by atoms with Crippen LogP contribution >= 0.6 is 0 Å². The monoisotopic (exact) mass is 270 g/mol. The molecule has 0 saturated carbocycles. The van der Waals surface area contributed by atoms with Gasteiger partial charge in [0.15, 0.2) is 0 Å². The van der Waals surface area contributed by atoms with E-state index in [4.69, 9.17) is 5.73 Å². The lowest BCUT2D eigenvalue weighted by molar-refractivity contribution is 0.555. The van der Waals surface area contributed by atoms with E-state index in [9.17, 15) is 8.42 Å². The molecular formula is C13H22N2O2S. The predicted octanol–water partition coefficient (Wildman–Crippen LogP) is 1.65. The lowest BCUT2D eigenvalue weighted by Crippen LogP contribution is -2.33. The molecule has 0 radical (unpaired) electrons. The second-order valence-corrected chi connectivity index (χ2v) is 6.79. The third-order valence-electron chi connectivity index (χ3n) is 2.71. The number of nitrogens with one attached hydrogen (secondary N) is 1. The van der Waals surface area contributed by atoms with Crippen LogP contribution in [-0.4, -0.2) is 20.7 Å². The van der Waals surface area contributed by atoms with Gasteiger partial charge < -0.3 is 5.73 Å². The van der Waals surface area contributed by atoms with Gasteiger partial charge in [-0.1, -0.05) is 44.2 Å². The number of nitrogens with two attached hydrogens (primary N) is 1. The van der Waals surface area contributed by atoms with Crippen molar-refractivity contribution in [2.24, 2.45) is 11.7 Å². The molecule has 0 fully saturated rings. The Morgan fingerprint density at radius 2 is 1.83 bits per heavy atom. The molecule has 1 aromatic rings. The summed E-state index contributed by atoms with van der Waals surface area (Å²) in [5, 5.41) is 0. The first-order valence-electron chi connectivity index (χ1n) is 6.18. The minimum absolute atomic E-state index is 0.159. The quantitative estimate of drug-likeness (QED) is 0.791. The van der Waals surface area contributed by atoms with Crippen molar-refractivity contribution >= 4 is 10.0 Å². The first-order valence-corrected chi connectivity index (χ1v) is 7.84. The summed E-state index contributed by atoms with van der Waals surface area (Å²) in [5.74, 6) is 0.538. The molecule has 1 atom stereocenters. The van der Waals surface area contributed by atoms with Crippen molar-refractivity contribution in [1.29, 1.82) is 0 Å². The zero-order chi connectivity index (χ0) is 13.6. The van der Waals surface area contributed by atoms with E-state index >= 15 is 0 Å². The van der Waals surface area contributed by atoms with Gasteiger partial charge in [0.2, 0.25) is 10.0 Å². The fraction of sp³-hybridized carbons (Fsp3) is 0.538. The van der Waals surface area contributed by atoms with E-state index in [0.717, 1.165) is 5.56 Å². The van der Waals surface area contributed by atoms with Crippen LogP contribution in [0.1, 0.15) is 31.9 Å². The van der Waals surface area contributed by atoms with E-state index < -0.39 is 10.0 Å². The van der Waals surface area contributed by atoms with Crippen molar-refractivity contribution in [3.05, 3.63) is 35.9 Å². The molecule has 102 valence electrons. The molecule has 0 aromatic heterocycles. The van der Waals surface area contributed by atoms with E-state index in [0.29, 0.717) is 12.3 Å². The first-order chi connectivity index (χ1) is 8.41. The summed E-state index contributed by atoms with van der Waals surface area (Å²) in [6, 6.07) is 9.17. The van der Waals surface area contributed by atoms with Crippen LogP contribution in [-0.2, 0) is 10.0 Å². The Hall–Kier alpha value is -0.910. The summed E-state index contributed by atoms with van der Waals surface area (Å²) in [5.41, 5.74) is 6.87. The van der Waals surface area contributed by atoms with Crippen molar-refractivity contribution < 1.29 is 8.42 Å². The van der Waals surface area contributed by atoms with Crippen LogP contribution in [0.4, 0.5) is 0 Å². The van der Waals surface area contributed by atoms with Crippen LogP contribution in [0.3, 0.4) is 0 Å². The van der Waals surface area contributed by atoms with Crippen molar-refractivity contribution in [2.75, 3.05) is 12.3 Å². The second-order valence-electron chi connectivity index (χ2n) is 4.87. The van der Waals surface area contributed by atoms with Gasteiger partial charge in [-0.05, 0) is 17.9 Å². The zero-order valence-corrected chi connectivity index (χ0v) is 11.8. The van der Waals surface area contributed by atoms with E-state index in [1.165, 1.54) is 0 Å². The Morgan fingerprint density at radius 3 is 2.39 bits per heavy atom. The molecule has 0 bridgehead atoms. The van der Waals surface area contributed by atoms with E-state index in [2.05, 4.69) is 4.72 Å². The summed E-state index contributed by atoms with van der Waals surface area (Å²) >= 11 is 0. The lowest BCUT2D eigenvalue weighted by atomic mass is 10.1. The number of hydrogen-bond donors (Lipinski definition) is 2. The molecular weight excluding hydrogens is 248 g/mol. The van der Waals surface area contributed by atoms with Gasteiger partial charge >= 0.3 is 0 Å². The topological polar surface area (TPSA) is 72.2 Å². The van der Waals surface area contributed by atoms with Gasteiger partial charge in [0.25, 0.3) is 0 Å². The van der Waals surface area contributed by atoms with Crippen molar-refractivity contribution in [2.45, 2.75) is 26.3 Å². The van der Waals surface area contributed by atoms with Gasteiger partial charge in [-0.15, -0.1) is 0 Å². The Kier molecular flexibility index (Phi) is 5.78. The highest BCUT2D eigenvalue weighted by molar-refractivity contribution is 7.89. The number of rotatable bonds is 7. The molecule has 0 heterocycles. The molecule has 1 aromatic carbocycles. The Balaban J connectivity index is 2.45. The normalized spacial score (nSPS) is 13.8. The summed E-state index contributed by atoms with van der Waals surface area (Å²) in [4.78, 5) is 0. The number of benzene rings is 1. The zero-order valence-electron chi connectivity index (χ0n) is 11.0. The maximum atomic E-state index is 11.7. The number of sulfonamides is 1. The molecule has 0 spiro atoms. The van der Waals surface area contributed by atoms with Gasteiger partial charge in [0.05, 0.1) is 5.75 Å². The molecule has 0 aliphatic heterocycles. The molecule has 0 saturated heterocycles. The van der Waals surface area contributed by atoms with Crippen molar-refractivity contribution in [3.63, 3.8) is 0 Å². The van der Waals surface area contributed by atoms with E-state index in [1.807, 2.05) is 44.2 Å². The summed E-state index contributed by atoms with van der Waals surface area (Å²) < 4.78 is 26.0. The largest absolute Gasteiger partial charge is 0.323 e. The molecule has 1 rings (SSSR count). The van der Waals surface area contributed by atoms with Crippen LogP contribution in [0.25, 0.3) is 0 Å². The molecule has 18 heavy (non-hydrogen) atoms. The van der Waals surface area contributed by atoms with Gasteiger partial charge in [-0.2, -0.15) is 0 Å². The molecule has 1 unspecified atom stereocenters. The fourth-order valence-corrected chi connectivity index (χ4v) is 2.86. The van der Waals surface area contributed by atoms with Crippen LogP contribution in [0.15, 0.2) is 30.3 Å². The average molecular weight is 270 g/mol. The smallest absolute Gasteiger partial charge is 0.211 e. The molecule has 3 N–H and O–H groups in total. The van der Waals surface area contributed by atoms with Gasteiger partial charge in [0, 0.05) is 12.6 Å². The van der Waals surface area contributed by atoms with Crippen LogP contribution in [0, 0.1) is 5.92 Å². The minimum Gasteiger partial charge on any atom is -0.323 e. The fourth-order valence-electron chi connectivity index (χ4n) is 1.50. The highest BCUT2D eigenvalue weighted by atomic mass is 32.2. The Bertz CT molecular complexity index is 443. The third kappa shape index (κ3) is 5.62. The minimum atomic E-state index is -3.21. The van der Waals surface area contributed by atoms with Gasteiger partial charge in [-0.25, -0.2) is 13.1 Å².